The number of methoxy groups -OCH3 is 1. The number of carbonyl (C=O) groups is 7. The van der Waals surface area contributed by atoms with Crippen LogP contribution in [0.25, 0.3) is 0 Å². The molecular formula is C53H91N5O13Si. The maximum Gasteiger partial charge on any atom is 0.408 e. The van der Waals surface area contributed by atoms with Crippen LogP contribution in [-0.4, -0.2) is 140 Å². The van der Waals surface area contributed by atoms with E-state index in [1.165, 1.54) is 30.9 Å². The summed E-state index contributed by atoms with van der Waals surface area (Å²) in [5, 5.41) is 15.2. The molecule has 1 heterocycles. The molecule has 410 valence electrons. The molecule has 1 saturated heterocycles. The monoisotopic (exact) mass is 1030 g/mol. The molecule has 0 aromatic heterocycles. The molecule has 1 fully saturated rings. The zero-order valence-corrected chi connectivity index (χ0v) is 47.7. The van der Waals surface area contributed by atoms with E-state index in [0.29, 0.717) is 17.7 Å². The zero-order chi connectivity index (χ0) is 55.2. The van der Waals surface area contributed by atoms with E-state index in [2.05, 4.69) is 52.2 Å². The number of carboxylic acid groups (broad SMARTS) is 1. The summed E-state index contributed by atoms with van der Waals surface area (Å²) >= 11 is 0. The molecule has 0 bridgehead atoms. The highest BCUT2D eigenvalue weighted by molar-refractivity contribution is 6.77. The number of hydrogen-bond acceptors (Lipinski definition) is 13. The molecule has 1 aliphatic heterocycles. The van der Waals surface area contributed by atoms with Gasteiger partial charge in [-0.15, -0.1) is 0 Å². The third-order valence-corrected chi connectivity index (χ3v) is 19.9. The number of amides is 4. The summed E-state index contributed by atoms with van der Waals surface area (Å²) in [7, 11) is 0.412. The molecule has 0 radical (unpaired) electrons. The number of nitrogens with zero attached hydrogens (tertiary/aromatic N) is 2. The number of ether oxygens (including phenoxy) is 4. The second-order valence-electron chi connectivity index (χ2n) is 22.3. The number of likely N-dealkylation sites (N-methyl/N-ethyl adjacent to an activating group) is 1. The van der Waals surface area contributed by atoms with Crippen LogP contribution in [0, 0.1) is 17.8 Å². The van der Waals surface area contributed by atoms with Crippen LogP contribution in [-0.2, 0) is 53.8 Å². The smallest absolute Gasteiger partial charge is 0.408 e. The van der Waals surface area contributed by atoms with Crippen molar-refractivity contribution in [1.82, 2.24) is 20.4 Å². The molecule has 72 heavy (non-hydrogen) atoms. The summed E-state index contributed by atoms with van der Waals surface area (Å²) in [6.07, 6.45) is -2.90. The van der Waals surface area contributed by atoms with E-state index >= 15 is 0 Å². The van der Waals surface area contributed by atoms with Gasteiger partial charge in [0.05, 0.1) is 19.6 Å². The quantitative estimate of drug-likeness (QED) is 0.0382. The Hall–Kier alpha value is -4.75. The summed E-state index contributed by atoms with van der Waals surface area (Å²) in [4.78, 5) is 99.3. The van der Waals surface area contributed by atoms with Gasteiger partial charge in [0.1, 0.15) is 35.6 Å². The van der Waals surface area contributed by atoms with E-state index in [1.807, 2.05) is 27.7 Å². The topological polar surface area (TPSA) is 242 Å². The highest BCUT2D eigenvalue weighted by Crippen LogP contribution is 2.44. The zero-order valence-electron chi connectivity index (χ0n) is 46.7. The first-order valence-corrected chi connectivity index (χ1v) is 28.0. The van der Waals surface area contributed by atoms with E-state index in [1.54, 1.807) is 58.9 Å². The van der Waals surface area contributed by atoms with Crippen LogP contribution in [0.15, 0.2) is 24.3 Å². The minimum absolute atomic E-state index is 0.0392. The molecule has 0 saturated carbocycles. The number of nitrogens with two attached hydrogens (primary N) is 1. The van der Waals surface area contributed by atoms with E-state index in [4.69, 9.17) is 29.1 Å². The number of hydrogen-bond donors (Lipinski definition) is 4. The summed E-state index contributed by atoms with van der Waals surface area (Å²) in [5.41, 5.74) is 7.23. The Morgan fingerprint density at radius 2 is 1.44 bits per heavy atom. The SMILES string of the molecule is CC[C@H](C)[C@@H](N)[C@H](CC(=O)O[C@H](C(=O)N[C@@H](CC(C)C)C(=O)N1CCC[C@H]1C(=O)N(C)[C@@H](Cc1ccc(OC)cc1)C(=O)O[C@H](C)[C@H](NC(=O)OC(C)(C)C)C(=O)O)C(C)C)O[Si](C(C)C)(C(C)C)C(C)C. The van der Waals surface area contributed by atoms with Gasteiger partial charge in [-0.05, 0) is 99.0 Å². The maximum atomic E-state index is 14.7. The Morgan fingerprint density at radius 1 is 0.875 bits per heavy atom. The molecule has 1 aromatic carbocycles. The van der Waals surface area contributed by atoms with Crippen molar-refractivity contribution in [3.05, 3.63) is 29.8 Å². The minimum atomic E-state index is -2.51. The summed E-state index contributed by atoms with van der Waals surface area (Å²) in [6.45, 7) is 30.7. The van der Waals surface area contributed by atoms with Crippen molar-refractivity contribution < 1.29 is 62.0 Å². The normalized spacial score (nSPS) is 17.7. The Kier molecular flexibility index (Phi) is 24.7. The van der Waals surface area contributed by atoms with Crippen molar-refractivity contribution in [1.29, 1.82) is 0 Å². The minimum Gasteiger partial charge on any atom is -0.497 e. The van der Waals surface area contributed by atoms with E-state index in [0.717, 1.165) is 6.42 Å². The summed E-state index contributed by atoms with van der Waals surface area (Å²) in [6, 6.07) is 1.16. The van der Waals surface area contributed by atoms with Crippen molar-refractivity contribution >= 4 is 50.0 Å². The maximum absolute atomic E-state index is 14.7. The lowest BCUT2D eigenvalue weighted by molar-refractivity contribution is -0.163. The number of carbonyl (C=O) groups excluding carboxylic acids is 6. The van der Waals surface area contributed by atoms with Crippen LogP contribution >= 0.6 is 0 Å². The first kappa shape index (κ1) is 63.4. The molecule has 1 aromatic rings. The fraction of sp³-hybridized carbons (Fsp3) is 0.755. The number of alkyl carbamates (subject to hydrolysis) is 1. The number of likely N-dealkylation sites (tertiary alicyclic amines) is 1. The van der Waals surface area contributed by atoms with E-state index in [9.17, 15) is 38.7 Å². The molecule has 5 N–H and O–H groups in total. The Bertz CT molecular complexity index is 1930. The van der Waals surface area contributed by atoms with Crippen molar-refractivity contribution in [3.63, 3.8) is 0 Å². The fourth-order valence-corrected chi connectivity index (χ4v) is 15.3. The predicted molar refractivity (Wildman–Crippen MR) is 278 cm³/mol. The van der Waals surface area contributed by atoms with Crippen molar-refractivity contribution in [2.24, 2.45) is 23.5 Å². The number of nitrogens with one attached hydrogen (secondary N) is 2. The number of rotatable bonds is 27. The predicted octanol–water partition coefficient (Wildman–Crippen LogP) is 7.39. The molecule has 0 unspecified atom stereocenters. The summed E-state index contributed by atoms with van der Waals surface area (Å²) < 4.78 is 29.3. The molecule has 2 rings (SSSR count). The van der Waals surface area contributed by atoms with Crippen LogP contribution in [0.1, 0.15) is 148 Å². The van der Waals surface area contributed by atoms with Gasteiger partial charge in [0.15, 0.2) is 12.1 Å². The van der Waals surface area contributed by atoms with Gasteiger partial charge in [-0.3, -0.25) is 19.2 Å². The number of esters is 2. The largest absolute Gasteiger partial charge is 0.497 e. The lowest BCUT2D eigenvalue weighted by Gasteiger charge is -2.46. The first-order chi connectivity index (χ1) is 33.3. The van der Waals surface area contributed by atoms with Gasteiger partial charge in [-0.2, -0.15) is 0 Å². The fourth-order valence-electron chi connectivity index (χ4n) is 9.74. The lowest BCUT2D eigenvalue weighted by atomic mass is 9.93. The lowest BCUT2D eigenvalue weighted by Crippen LogP contribution is -2.58. The van der Waals surface area contributed by atoms with Crippen molar-refractivity contribution in [2.45, 2.75) is 220 Å². The second-order valence-corrected chi connectivity index (χ2v) is 27.7. The van der Waals surface area contributed by atoms with Crippen LogP contribution < -0.4 is 21.1 Å². The third kappa shape index (κ3) is 17.7. The average Bonchev–Trinajstić information content (AvgIpc) is 3.78. The van der Waals surface area contributed by atoms with Crippen LogP contribution in [0.5, 0.6) is 5.75 Å². The van der Waals surface area contributed by atoms with Crippen LogP contribution in [0.3, 0.4) is 0 Å². The van der Waals surface area contributed by atoms with Gasteiger partial charge in [0, 0.05) is 26.1 Å². The number of benzene rings is 1. The highest BCUT2D eigenvalue weighted by Gasteiger charge is 2.49. The van der Waals surface area contributed by atoms with Crippen LogP contribution in [0.4, 0.5) is 4.79 Å². The van der Waals surface area contributed by atoms with Gasteiger partial charge in [0.25, 0.3) is 5.91 Å². The van der Waals surface area contributed by atoms with Gasteiger partial charge >= 0.3 is 24.0 Å². The van der Waals surface area contributed by atoms with E-state index in [-0.39, 0.29) is 60.7 Å². The Labute approximate surface area is 431 Å². The second kappa shape index (κ2) is 28.1. The van der Waals surface area contributed by atoms with Crippen molar-refractivity contribution in [3.8, 4) is 5.75 Å². The molecule has 9 atom stereocenters. The van der Waals surface area contributed by atoms with Gasteiger partial charge in [-0.1, -0.05) is 102 Å². The molecule has 4 amide bonds. The number of aliphatic carboxylic acids is 1. The van der Waals surface area contributed by atoms with Crippen molar-refractivity contribution in [2.75, 3.05) is 20.7 Å². The van der Waals surface area contributed by atoms with Gasteiger partial charge in [0.2, 0.25) is 20.1 Å². The first-order valence-electron chi connectivity index (χ1n) is 25.9. The van der Waals surface area contributed by atoms with Crippen LogP contribution in [0.2, 0.25) is 16.6 Å². The third-order valence-electron chi connectivity index (χ3n) is 13.8. The molecule has 0 spiro atoms. The van der Waals surface area contributed by atoms with E-state index < -0.39 is 110 Å². The molecular weight excluding hydrogens is 943 g/mol. The van der Waals surface area contributed by atoms with Gasteiger partial charge in [-0.25, -0.2) is 14.4 Å². The number of carboxylic acids is 1. The average molecular weight is 1030 g/mol. The molecule has 0 aliphatic carbocycles. The summed E-state index contributed by atoms with van der Waals surface area (Å²) in [5.74, 6) is -4.81. The van der Waals surface area contributed by atoms with Gasteiger partial charge < -0.3 is 54.6 Å². The Morgan fingerprint density at radius 3 is 1.92 bits per heavy atom. The molecule has 1 aliphatic rings. The molecule has 18 nitrogen and oxygen atoms in total. The standard InChI is InChI=1S/C53H91N5O13Si/c1-19-35(12)44(54)42(71-72(32(6)7,33(8)9)34(10)11)29-43(59)69-46(31(4)5)47(60)55-39(27-30(2)3)48(61)58-26-20-21-40(58)49(62)57(17)41(28-37-22-24-38(67-18)25-23-37)51(65)68-36(13)45(50(63)64)56-52(66)70-53(14,15)16/h22-25,30-36,39-42,44-46H,19-21,26-29,54H2,1-18H3,(H,55,60)(H,56,66)(H,63,64)/t35-,36+,39-,40-,41-,42-,44+,45-,46-/m0/s1. The highest BCUT2D eigenvalue weighted by atomic mass is 28.4. The Balaban J connectivity index is 2.46. The molecule has 19 heteroatoms.